The van der Waals surface area contributed by atoms with Crippen LogP contribution < -0.4 is 5.32 Å². The van der Waals surface area contributed by atoms with Crippen LogP contribution in [-0.2, 0) is 17.6 Å². The normalized spacial score (nSPS) is 14.2. The predicted octanol–water partition coefficient (Wildman–Crippen LogP) is 3.83. The number of carbonyl (C=O) groups excluding carboxylic acids is 1. The van der Waals surface area contributed by atoms with Crippen LogP contribution >= 0.6 is 0 Å². The molecule has 0 heterocycles. The van der Waals surface area contributed by atoms with E-state index in [2.05, 4.69) is 17.5 Å². The highest BCUT2D eigenvalue weighted by Gasteiger charge is 2.35. The molecule has 0 bridgehead atoms. The van der Waals surface area contributed by atoms with E-state index in [4.69, 9.17) is 0 Å². The van der Waals surface area contributed by atoms with Gasteiger partial charge in [0.25, 0.3) is 0 Å². The van der Waals surface area contributed by atoms with Crippen LogP contribution in [0.1, 0.15) is 50.7 Å². The van der Waals surface area contributed by atoms with E-state index in [-0.39, 0.29) is 5.91 Å². The topological polar surface area (TPSA) is 52.9 Å². The molecule has 3 heteroatoms. The molecule has 1 aromatic rings. The van der Waals surface area contributed by atoms with Crippen molar-refractivity contribution in [1.82, 2.24) is 0 Å². The van der Waals surface area contributed by atoms with Crippen LogP contribution in [0.4, 0.5) is 5.69 Å². The van der Waals surface area contributed by atoms with Crippen LogP contribution in [0.15, 0.2) is 18.2 Å². The Morgan fingerprint density at radius 2 is 2.00 bits per heavy atom. The minimum absolute atomic E-state index is 0.163. The fourth-order valence-corrected chi connectivity index (χ4v) is 2.92. The molecule has 1 aromatic carbocycles. The van der Waals surface area contributed by atoms with Crippen LogP contribution in [0.25, 0.3) is 0 Å². The first-order valence-electron chi connectivity index (χ1n) is 7.50. The summed E-state index contributed by atoms with van der Waals surface area (Å²) in [6.45, 7) is 3.79. The van der Waals surface area contributed by atoms with Gasteiger partial charge in [-0.2, -0.15) is 5.26 Å². The largest absolute Gasteiger partial charge is 0.324 e. The van der Waals surface area contributed by atoms with Gasteiger partial charge in [0.05, 0.1) is 6.07 Å². The van der Waals surface area contributed by atoms with E-state index in [9.17, 15) is 10.1 Å². The van der Waals surface area contributed by atoms with E-state index in [1.54, 1.807) is 0 Å². The number of carbonyl (C=O) groups is 1. The highest BCUT2D eigenvalue weighted by atomic mass is 16.2. The van der Waals surface area contributed by atoms with Crippen molar-refractivity contribution in [2.45, 2.75) is 52.4 Å². The van der Waals surface area contributed by atoms with E-state index >= 15 is 0 Å². The lowest BCUT2D eigenvalue weighted by atomic mass is 9.82. The summed E-state index contributed by atoms with van der Waals surface area (Å²) in [4.78, 5) is 12.5. The molecule has 2 rings (SSSR count). The maximum atomic E-state index is 12.5. The van der Waals surface area contributed by atoms with Crippen molar-refractivity contribution in [2.75, 3.05) is 5.32 Å². The molecular weight excluding hydrogens is 248 g/mol. The highest BCUT2D eigenvalue weighted by Crippen LogP contribution is 2.31. The first-order valence-corrected chi connectivity index (χ1v) is 7.50. The van der Waals surface area contributed by atoms with Crippen molar-refractivity contribution in [3.05, 3.63) is 29.3 Å². The van der Waals surface area contributed by atoms with Gasteiger partial charge in [-0.25, -0.2) is 0 Å². The van der Waals surface area contributed by atoms with Crippen molar-refractivity contribution in [2.24, 2.45) is 5.41 Å². The molecule has 1 amide bonds. The van der Waals surface area contributed by atoms with Gasteiger partial charge in [0.2, 0.25) is 5.91 Å². The summed E-state index contributed by atoms with van der Waals surface area (Å²) in [5.74, 6) is -0.163. The maximum Gasteiger partial charge on any atom is 0.244 e. The highest BCUT2D eigenvalue weighted by molar-refractivity contribution is 5.97. The zero-order valence-electron chi connectivity index (χ0n) is 12.3. The Morgan fingerprint density at radius 3 is 2.65 bits per heavy atom. The standard InChI is InChI=1S/C17H22N2O/c1-3-17(4-2,12-18)16(20)19-15-11-7-9-13-8-5-6-10-14(13)15/h7,9,11H,3-6,8,10H2,1-2H3,(H,19,20). The van der Waals surface area contributed by atoms with E-state index in [1.165, 1.54) is 24.0 Å². The number of hydrogen-bond acceptors (Lipinski definition) is 2. The summed E-state index contributed by atoms with van der Waals surface area (Å²) in [5, 5.41) is 12.4. The summed E-state index contributed by atoms with van der Waals surface area (Å²) < 4.78 is 0. The van der Waals surface area contributed by atoms with Crippen LogP contribution in [0, 0.1) is 16.7 Å². The van der Waals surface area contributed by atoms with Crippen molar-refractivity contribution < 1.29 is 4.79 Å². The molecular formula is C17H22N2O. The summed E-state index contributed by atoms with van der Waals surface area (Å²) >= 11 is 0. The van der Waals surface area contributed by atoms with Gasteiger partial charge in [0.1, 0.15) is 5.41 Å². The second-order valence-electron chi connectivity index (χ2n) is 5.51. The molecule has 0 aliphatic heterocycles. The van der Waals surface area contributed by atoms with Crippen molar-refractivity contribution in [1.29, 1.82) is 5.26 Å². The third-order valence-electron chi connectivity index (χ3n) is 4.50. The van der Waals surface area contributed by atoms with Crippen molar-refractivity contribution in [3.8, 4) is 6.07 Å². The summed E-state index contributed by atoms with van der Waals surface area (Å²) in [7, 11) is 0. The Balaban J connectivity index is 2.27. The number of anilines is 1. The van der Waals surface area contributed by atoms with E-state index < -0.39 is 5.41 Å². The van der Waals surface area contributed by atoms with Gasteiger partial charge in [-0.15, -0.1) is 0 Å². The second-order valence-corrected chi connectivity index (χ2v) is 5.51. The maximum absolute atomic E-state index is 12.5. The van der Waals surface area contributed by atoms with Gasteiger partial charge in [0, 0.05) is 5.69 Å². The second kappa shape index (κ2) is 6.09. The molecule has 0 saturated heterocycles. The molecule has 20 heavy (non-hydrogen) atoms. The molecule has 3 nitrogen and oxygen atoms in total. The van der Waals surface area contributed by atoms with Crippen LogP contribution in [-0.4, -0.2) is 5.91 Å². The van der Waals surface area contributed by atoms with Gasteiger partial charge in [0.15, 0.2) is 0 Å². The SMILES string of the molecule is CCC(C#N)(CC)C(=O)Nc1cccc2c1CCCC2. The van der Waals surface area contributed by atoms with E-state index in [0.717, 1.165) is 18.5 Å². The van der Waals surface area contributed by atoms with E-state index in [1.807, 2.05) is 26.0 Å². The summed E-state index contributed by atoms with van der Waals surface area (Å²) in [5.41, 5.74) is 2.58. The molecule has 0 radical (unpaired) electrons. The predicted molar refractivity (Wildman–Crippen MR) is 80.3 cm³/mol. The number of nitrogens with one attached hydrogen (secondary N) is 1. The van der Waals surface area contributed by atoms with Crippen LogP contribution in [0.2, 0.25) is 0 Å². The fraction of sp³-hybridized carbons (Fsp3) is 0.529. The molecule has 0 fully saturated rings. The molecule has 106 valence electrons. The minimum atomic E-state index is -0.905. The van der Waals surface area contributed by atoms with Gasteiger partial charge in [-0.1, -0.05) is 26.0 Å². The summed E-state index contributed by atoms with van der Waals surface area (Å²) in [6.07, 6.45) is 5.58. The van der Waals surface area contributed by atoms with Crippen molar-refractivity contribution in [3.63, 3.8) is 0 Å². The van der Waals surface area contributed by atoms with Crippen LogP contribution in [0.3, 0.4) is 0 Å². The third-order valence-corrected chi connectivity index (χ3v) is 4.50. The molecule has 0 atom stereocenters. The molecule has 0 saturated carbocycles. The lowest BCUT2D eigenvalue weighted by molar-refractivity contribution is -0.123. The summed E-state index contributed by atoms with van der Waals surface area (Å²) in [6, 6.07) is 8.29. The number of nitriles is 1. The number of hydrogen-bond donors (Lipinski definition) is 1. The molecule has 0 spiro atoms. The average Bonchev–Trinajstić information content (AvgIpc) is 2.50. The molecule has 1 aliphatic rings. The number of benzene rings is 1. The number of nitrogens with zero attached hydrogens (tertiary/aromatic N) is 1. The van der Waals surface area contributed by atoms with Crippen molar-refractivity contribution >= 4 is 11.6 Å². The monoisotopic (exact) mass is 270 g/mol. The number of amides is 1. The number of fused-ring (bicyclic) bond motifs is 1. The smallest absolute Gasteiger partial charge is 0.244 e. The average molecular weight is 270 g/mol. The Morgan fingerprint density at radius 1 is 1.30 bits per heavy atom. The van der Waals surface area contributed by atoms with Gasteiger partial charge < -0.3 is 5.32 Å². The Bertz CT molecular complexity index is 538. The minimum Gasteiger partial charge on any atom is -0.324 e. The quantitative estimate of drug-likeness (QED) is 0.903. The fourth-order valence-electron chi connectivity index (χ4n) is 2.92. The third kappa shape index (κ3) is 2.56. The zero-order chi connectivity index (χ0) is 14.6. The van der Waals surface area contributed by atoms with Gasteiger partial charge >= 0.3 is 0 Å². The molecule has 0 aromatic heterocycles. The first kappa shape index (κ1) is 14.6. The van der Waals surface area contributed by atoms with E-state index in [0.29, 0.717) is 12.8 Å². The zero-order valence-corrected chi connectivity index (χ0v) is 12.3. The van der Waals surface area contributed by atoms with Gasteiger partial charge in [-0.05, 0) is 55.7 Å². The number of aryl methyl sites for hydroxylation is 1. The number of rotatable bonds is 4. The lowest BCUT2D eigenvalue weighted by Crippen LogP contribution is -2.34. The van der Waals surface area contributed by atoms with Crippen LogP contribution in [0.5, 0.6) is 0 Å². The first-order chi connectivity index (χ1) is 9.66. The molecule has 1 N–H and O–H groups in total. The van der Waals surface area contributed by atoms with Gasteiger partial charge in [-0.3, -0.25) is 4.79 Å². The molecule has 1 aliphatic carbocycles. The molecule has 0 unspecified atom stereocenters. The Kier molecular flexibility index (Phi) is 4.44. The Labute approximate surface area is 121 Å². The lowest BCUT2D eigenvalue weighted by Gasteiger charge is -2.25. The Hall–Kier alpha value is -1.82.